The number of furan rings is 1. The molecule has 0 aliphatic carbocycles. The van der Waals surface area contributed by atoms with Crippen LogP contribution in [-0.2, 0) is 0 Å². The number of imidazole rings is 1. The van der Waals surface area contributed by atoms with E-state index in [1.54, 1.807) is 6.92 Å². The van der Waals surface area contributed by atoms with Crippen LogP contribution < -0.4 is 0 Å². The maximum absolute atomic E-state index is 10.8. The van der Waals surface area contributed by atoms with Gasteiger partial charge in [-0.1, -0.05) is 36.0 Å². The smallest absolute Gasteiger partial charge is 0.186 e. The summed E-state index contributed by atoms with van der Waals surface area (Å²) in [5.41, 5.74) is 3.63. The van der Waals surface area contributed by atoms with Gasteiger partial charge in [0.05, 0.1) is 16.3 Å². The zero-order chi connectivity index (χ0) is 20.7. The molecule has 3 aromatic heterocycles. The monoisotopic (exact) mass is 413 g/mol. The van der Waals surface area contributed by atoms with Crippen LogP contribution in [0.15, 0.2) is 70.1 Å². The number of aliphatic hydroxyl groups excluding tert-OH is 1. The second-order valence-electron chi connectivity index (χ2n) is 6.69. The number of aromatic nitrogens is 4. The summed E-state index contributed by atoms with van der Waals surface area (Å²) < 4.78 is 5.95. The van der Waals surface area contributed by atoms with Gasteiger partial charge in [0, 0.05) is 5.39 Å². The van der Waals surface area contributed by atoms with Crippen LogP contribution in [0.5, 0.6) is 0 Å². The van der Waals surface area contributed by atoms with Gasteiger partial charge in [-0.15, -0.1) is 0 Å². The lowest BCUT2D eigenvalue weighted by molar-refractivity contribution is 0.402. The number of rotatable bonds is 4. The van der Waals surface area contributed by atoms with Crippen LogP contribution in [0, 0.1) is 11.3 Å². The van der Waals surface area contributed by atoms with E-state index in [9.17, 15) is 10.4 Å². The lowest BCUT2D eigenvalue weighted by Gasteiger charge is -2.11. The van der Waals surface area contributed by atoms with E-state index in [2.05, 4.69) is 26.0 Å². The van der Waals surface area contributed by atoms with Crippen LogP contribution in [-0.4, -0.2) is 30.3 Å². The molecule has 0 amide bonds. The molecule has 0 spiro atoms. The Balaban J connectivity index is 1.53. The van der Waals surface area contributed by atoms with E-state index in [0.717, 1.165) is 27.5 Å². The van der Waals surface area contributed by atoms with Crippen molar-refractivity contribution in [2.75, 3.05) is 0 Å². The minimum absolute atomic E-state index is 0.0792. The molecule has 8 heteroatoms. The number of aliphatic hydroxyl groups is 1. The highest BCUT2D eigenvalue weighted by molar-refractivity contribution is 8.00. The number of para-hydroxylation sites is 3. The second-order valence-corrected chi connectivity index (χ2v) is 8.02. The van der Waals surface area contributed by atoms with Gasteiger partial charge in [0.2, 0.25) is 0 Å². The van der Waals surface area contributed by atoms with Crippen LogP contribution >= 0.6 is 11.8 Å². The van der Waals surface area contributed by atoms with Gasteiger partial charge in [0.15, 0.2) is 11.4 Å². The minimum Gasteiger partial charge on any atom is -0.510 e. The molecule has 0 aliphatic heterocycles. The fourth-order valence-electron chi connectivity index (χ4n) is 3.32. The summed E-state index contributed by atoms with van der Waals surface area (Å²) >= 11 is 1.30. The molecule has 5 aromatic rings. The topological polar surface area (TPSA) is 112 Å². The van der Waals surface area contributed by atoms with Gasteiger partial charge in [0.25, 0.3) is 0 Å². The molecule has 0 saturated carbocycles. The molecule has 3 heterocycles. The quantitative estimate of drug-likeness (QED) is 0.180. The number of nitrogens with one attached hydrogen (secondary N) is 1. The first-order valence-corrected chi connectivity index (χ1v) is 10.1. The molecule has 0 unspecified atom stereocenters. The van der Waals surface area contributed by atoms with E-state index < -0.39 is 5.25 Å². The number of thioether (sulfide) groups is 1. The average molecular weight is 413 g/mol. The maximum atomic E-state index is 10.8. The van der Waals surface area contributed by atoms with Crippen molar-refractivity contribution >= 4 is 50.4 Å². The highest BCUT2D eigenvalue weighted by Gasteiger charge is 2.22. The van der Waals surface area contributed by atoms with E-state index in [4.69, 9.17) is 4.42 Å². The number of aromatic amines is 1. The first-order chi connectivity index (χ1) is 14.7. The first kappa shape index (κ1) is 18.2. The normalized spacial score (nSPS) is 13.5. The zero-order valence-corrected chi connectivity index (χ0v) is 16.6. The predicted molar refractivity (Wildman–Crippen MR) is 116 cm³/mol. The first-order valence-electron chi connectivity index (χ1n) is 9.23. The summed E-state index contributed by atoms with van der Waals surface area (Å²) in [5, 5.41) is 21.5. The van der Waals surface area contributed by atoms with Crippen molar-refractivity contribution in [2.24, 2.45) is 0 Å². The predicted octanol–water partition coefficient (Wildman–Crippen LogP) is 5.23. The van der Waals surface area contributed by atoms with E-state index in [1.807, 2.05) is 48.5 Å². The van der Waals surface area contributed by atoms with Crippen molar-refractivity contribution in [3.05, 3.63) is 66.4 Å². The van der Waals surface area contributed by atoms with Crippen LogP contribution in [0.3, 0.4) is 0 Å². The largest absolute Gasteiger partial charge is 0.510 e. The Kier molecular flexibility index (Phi) is 4.38. The molecule has 0 radical (unpaired) electrons. The van der Waals surface area contributed by atoms with Gasteiger partial charge in [0.1, 0.15) is 39.9 Å². The number of H-pyrrole nitrogens is 1. The fraction of sp³-hybridized carbons (Fsp3) is 0.0909. The van der Waals surface area contributed by atoms with Crippen molar-refractivity contribution < 1.29 is 9.52 Å². The Morgan fingerprint density at radius 3 is 2.80 bits per heavy atom. The zero-order valence-electron chi connectivity index (χ0n) is 15.8. The standard InChI is InChI=1S/C22H15N5O2S/c1-12(19(28)14(10-23)21-26-15-7-3-4-8-16(15)27-21)30-22-20-18(24-11-25-22)13-6-2-5-9-17(13)29-20/h2-9,11-12,28H,1H3,(H,26,27)/b19-14-/t12-/m1/s1. The number of hydrogen-bond donors (Lipinski definition) is 2. The lowest BCUT2D eigenvalue weighted by atomic mass is 10.2. The Labute approximate surface area is 175 Å². The van der Waals surface area contributed by atoms with Crippen LogP contribution in [0.4, 0.5) is 0 Å². The van der Waals surface area contributed by atoms with E-state index in [0.29, 0.717) is 16.4 Å². The van der Waals surface area contributed by atoms with Crippen LogP contribution in [0.1, 0.15) is 12.7 Å². The van der Waals surface area contributed by atoms with E-state index >= 15 is 0 Å². The Hall–Kier alpha value is -3.83. The molecule has 0 saturated heterocycles. The molecule has 0 bridgehead atoms. The third-order valence-electron chi connectivity index (χ3n) is 4.79. The molecule has 7 nitrogen and oxygen atoms in total. The van der Waals surface area contributed by atoms with Gasteiger partial charge in [-0.05, 0) is 31.2 Å². The van der Waals surface area contributed by atoms with Gasteiger partial charge >= 0.3 is 0 Å². The highest BCUT2D eigenvalue weighted by Crippen LogP contribution is 2.36. The van der Waals surface area contributed by atoms with Crippen molar-refractivity contribution in [1.29, 1.82) is 5.26 Å². The van der Waals surface area contributed by atoms with E-state index in [-0.39, 0.29) is 11.3 Å². The molecule has 30 heavy (non-hydrogen) atoms. The summed E-state index contributed by atoms with van der Waals surface area (Å²) in [6, 6.07) is 17.2. The van der Waals surface area contributed by atoms with E-state index in [1.165, 1.54) is 18.1 Å². The van der Waals surface area contributed by atoms with Gasteiger partial charge in [-0.25, -0.2) is 15.0 Å². The SMILES string of the molecule is C[C@@H](Sc1ncnc2c1oc1ccccc12)/C(O)=C(\C#N)c1nc2ccccc2[nH]1. The average Bonchev–Trinajstić information content (AvgIpc) is 3.36. The summed E-state index contributed by atoms with van der Waals surface area (Å²) in [5.74, 6) is 0.254. The van der Waals surface area contributed by atoms with Gasteiger partial charge < -0.3 is 14.5 Å². The number of nitrogens with zero attached hydrogens (tertiary/aromatic N) is 4. The third kappa shape index (κ3) is 2.96. The Morgan fingerprint density at radius 2 is 1.97 bits per heavy atom. The number of nitriles is 1. The lowest BCUT2D eigenvalue weighted by Crippen LogP contribution is -2.05. The minimum atomic E-state index is -0.459. The third-order valence-corrected chi connectivity index (χ3v) is 5.88. The number of benzene rings is 2. The molecule has 0 fully saturated rings. The van der Waals surface area contributed by atoms with Crippen molar-refractivity contribution in [3.63, 3.8) is 0 Å². The summed E-state index contributed by atoms with van der Waals surface area (Å²) in [6.45, 7) is 1.80. The molecular formula is C22H15N5O2S. The molecular weight excluding hydrogens is 398 g/mol. The van der Waals surface area contributed by atoms with Gasteiger partial charge in [-0.2, -0.15) is 5.26 Å². The summed E-state index contributed by atoms with van der Waals surface area (Å²) in [7, 11) is 0. The Morgan fingerprint density at radius 1 is 1.17 bits per heavy atom. The van der Waals surface area contributed by atoms with Crippen LogP contribution in [0.25, 0.3) is 38.7 Å². The summed E-state index contributed by atoms with van der Waals surface area (Å²) in [6.07, 6.45) is 1.48. The second kappa shape index (κ2) is 7.21. The molecule has 0 aliphatic rings. The van der Waals surface area contributed by atoms with Gasteiger partial charge in [-0.3, -0.25) is 0 Å². The highest BCUT2D eigenvalue weighted by atomic mass is 32.2. The van der Waals surface area contributed by atoms with Crippen molar-refractivity contribution in [2.45, 2.75) is 17.2 Å². The molecule has 5 rings (SSSR count). The number of fused-ring (bicyclic) bond motifs is 4. The van der Waals surface area contributed by atoms with Crippen molar-refractivity contribution in [3.8, 4) is 6.07 Å². The Bertz CT molecular complexity index is 1440. The number of hydrogen-bond acceptors (Lipinski definition) is 7. The summed E-state index contributed by atoms with van der Waals surface area (Å²) in [4.78, 5) is 16.2. The molecule has 1 atom stereocenters. The van der Waals surface area contributed by atoms with Crippen LogP contribution in [0.2, 0.25) is 0 Å². The maximum Gasteiger partial charge on any atom is 0.186 e. The fourth-order valence-corrected chi connectivity index (χ4v) is 4.23. The molecule has 146 valence electrons. The molecule has 2 aromatic carbocycles. The molecule has 2 N–H and O–H groups in total. The number of allylic oxidation sites excluding steroid dienone is 1. The van der Waals surface area contributed by atoms with Crippen molar-refractivity contribution in [1.82, 2.24) is 19.9 Å².